The lowest BCUT2D eigenvalue weighted by atomic mass is 10.3. The number of rotatable bonds is 2. The number of hydrogen-bond donors (Lipinski definition) is 2. The molecule has 0 saturated carbocycles. The zero-order valence-electron chi connectivity index (χ0n) is 5.70. The van der Waals surface area contributed by atoms with Crippen molar-refractivity contribution in [2.24, 2.45) is 0 Å². The molecule has 0 spiro atoms. The fourth-order valence-corrected chi connectivity index (χ4v) is 0.613. The van der Waals surface area contributed by atoms with E-state index in [1.807, 2.05) is 0 Å². The van der Waals surface area contributed by atoms with Gasteiger partial charge in [-0.3, -0.25) is 0 Å². The molecule has 0 amide bonds. The van der Waals surface area contributed by atoms with Crippen molar-refractivity contribution >= 4 is 5.97 Å². The van der Waals surface area contributed by atoms with Gasteiger partial charge in [-0.25, -0.2) is 4.79 Å². The molecule has 1 rings (SSSR count). The Kier molecular flexibility index (Phi) is 1.72. The Morgan fingerprint density at radius 3 is 2.64 bits per heavy atom. The number of aromatic carboxylic acids is 1. The van der Waals surface area contributed by atoms with Gasteiger partial charge in [-0.1, -0.05) is 0 Å². The van der Waals surface area contributed by atoms with E-state index in [0.29, 0.717) is 0 Å². The van der Waals surface area contributed by atoms with Gasteiger partial charge in [0.15, 0.2) is 0 Å². The molecule has 0 unspecified atom stereocenters. The van der Waals surface area contributed by atoms with Crippen LogP contribution in [0.1, 0.15) is 10.4 Å². The molecular formula is C6H6O5. The van der Waals surface area contributed by atoms with E-state index in [1.165, 1.54) is 7.11 Å². The zero-order chi connectivity index (χ0) is 8.43. The van der Waals surface area contributed by atoms with Crippen molar-refractivity contribution in [2.45, 2.75) is 0 Å². The van der Waals surface area contributed by atoms with Gasteiger partial charge < -0.3 is 19.4 Å². The second-order valence-electron chi connectivity index (χ2n) is 1.79. The first-order valence-corrected chi connectivity index (χ1v) is 2.75. The van der Waals surface area contributed by atoms with Crippen LogP contribution in [0.4, 0.5) is 0 Å². The molecule has 2 N–H and O–H groups in total. The zero-order valence-corrected chi connectivity index (χ0v) is 5.70. The Morgan fingerprint density at radius 2 is 2.36 bits per heavy atom. The summed E-state index contributed by atoms with van der Waals surface area (Å²) in [7, 11) is 1.31. The van der Waals surface area contributed by atoms with Crippen LogP contribution in [0.5, 0.6) is 11.9 Å². The molecule has 0 aliphatic heterocycles. The van der Waals surface area contributed by atoms with Crippen molar-refractivity contribution in [3.05, 3.63) is 11.6 Å². The van der Waals surface area contributed by atoms with Gasteiger partial charge in [-0.15, -0.1) is 0 Å². The predicted molar refractivity (Wildman–Crippen MR) is 33.9 cm³/mol. The van der Waals surface area contributed by atoms with Crippen molar-refractivity contribution in [3.8, 4) is 11.9 Å². The highest BCUT2D eigenvalue weighted by Gasteiger charge is 2.16. The molecule has 1 heterocycles. The molecule has 5 nitrogen and oxygen atoms in total. The monoisotopic (exact) mass is 158 g/mol. The minimum Gasteiger partial charge on any atom is -0.480 e. The normalized spacial score (nSPS) is 9.55. The van der Waals surface area contributed by atoms with Gasteiger partial charge in [-0.2, -0.15) is 0 Å². The van der Waals surface area contributed by atoms with Crippen molar-refractivity contribution in [1.29, 1.82) is 0 Å². The van der Waals surface area contributed by atoms with E-state index >= 15 is 0 Å². The first-order chi connectivity index (χ1) is 5.15. The van der Waals surface area contributed by atoms with Crippen LogP contribution in [0.15, 0.2) is 10.5 Å². The van der Waals surface area contributed by atoms with Crippen LogP contribution >= 0.6 is 0 Å². The number of furan rings is 1. The lowest BCUT2D eigenvalue weighted by Crippen LogP contribution is -1.92. The number of aromatic hydroxyl groups is 1. The molecule has 60 valence electrons. The molecule has 0 aliphatic rings. The third kappa shape index (κ3) is 1.26. The van der Waals surface area contributed by atoms with Crippen LogP contribution in [-0.2, 0) is 0 Å². The van der Waals surface area contributed by atoms with Gasteiger partial charge >= 0.3 is 5.97 Å². The molecule has 0 aliphatic carbocycles. The van der Waals surface area contributed by atoms with E-state index in [0.717, 1.165) is 6.07 Å². The summed E-state index contributed by atoms with van der Waals surface area (Å²) in [5.41, 5.74) is -0.304. The fraction of sp³-hybridized carbons (Fsp3) is 0.167. The van der Waals surface area contributed by atoms with Crippen LogP contribution in [0, 0.1) is 0 Å². The van der Waals surface area contributed by atoms with Gasteiger partial charge in [0, 0.05) is 6.07 Å². The Labute approximate surface area is 61.8 Å². The lowest BCUT2D eigenvalue weighted by molar-refractivity contribution is 0.0691. The number of carboxylic acid groups (broad SMARTS) is 1. The Bertz CT molecular complexity index is 275. The van der Waals surface area contributed by atoms with Gasteiger partial charge in [0.2, 0.25) is 0 Å². The van der Waals surface area contributed by atoms with Crippen molar-refractivity contribution in [2.75, 3.05) is 7.11 Å². The molecule has 0 saturated heterocycles. The highest BCUT2D eigenvalue weighted by atomic mass is 16.6. The van der Waals surface area contributed by atoms with Crippen LogP contribution in [0.25, 0.3) is 0 Å². The second-order valence-corrected chi connectivity index (χ2v) is 1.79. The van der Waals surface area contributed by atoms with Gasteiger partial charge in [0.1, 0.15) is 5.56 Å². The van der Waals surface area contributed by atoms with Crippen LogP contribution in [0.2, 0.25) is 0 Å². The summed E-state index contributed by atoms with van der Waals surface area (Å²) in [6.45, 7) is 0. The molecule has 0 atom stereocenters. The standard InChI is InChI=1S/C6H6O5/c1-10-4-2-3(5(7)8)6(9)11-4/h2,9H,1H3,(H,7,8). The van der Waals surface area contributed by atoms with E-state index in [4.69, 9.17) is 10.2 Å². The van der Waals surface area contributed by atoms with Crippen LogP contribution in [-0.4, -0.2) is 23.3 Å². The van der Waals surface area contributed by atoms with Crippen molar-refractivity contribution in [1.82, 2.24) is 0 Å². The molecule has 0 radical (unpaired) electrons. The predicted octanol–water partition coefficient (Wildman–Crippen LogP) is 0.692. The third-order valence-electron chi connectivity index (χ3n) is 1.12. The molecule has 0 fully saturated rings. The van der Waals surface area contributed by atoms with E-state index in [1.54, 1.807) is 0 Å². The van der Waals surface area contributed by atoms with Gasteiger partial charge in [0.25, 0.3) is 11.9 Å². The molecule has 0 aromatic carbocycles. The Balaban J connectivity index is 3.07. The molecule has 0 bridgehead atoms. The van der Waals surface area contributed by atoms with E-state index < -0.39 is 11.9 Å². The average Bonchev–Trinajstić information content (AvgIpc) is 2.30. The van der Waals surface area contributed by atoms with Crippen LogP contribution < -0.4 is 4.74 Å². The molecule has 11 heavy (non-hydrogen) atoms. The summed E-state index contributed by atoms with van der Waals surface area (Å²) in [5.74, 6) is -1.93. The summed E-state index contributed by atoms with van der Waals surface area (Å²) in [6, 6.07) is 1.09. The smallest absolute Gasteiger partial charge is 0.343 e. The fourth-order valence-electron chi connectivity index (χ4n) is 0.613. The number of methoxy groups -OCH3 is 1. The number of carbonyl (C=O) groups is 1. The number of carboxylic acids is 1. The van der Waals surface area contributed by atoms with Crippen molar-refractivity contribution < 1.29 is 24.2 Å². The largest absolute Gasteiger partial charge is 0.480 e. The quantitative estimate of drug-likeness (QED) is 0.661. The summed E-state index contributed by atoms with van der Waals surface area (Å²) in [4.78, 5) is 10.3. The highest BCUT2D eigenvalue weighted by molar-refractivity contribution is 5.90. The summed E-state index contributed by atoms with van der Waals surface area (Å²) >= 11 is 0. The first-order valence-electron chi connectivity index (χ1n) is 2.75. The van der Waals surface area contributed by atoms with E-state index in [-0.39, 0.29) is 11.5 Å². The molecule has 1 aromatic rings. The average molecular weight is 158 g/mol. The Hall–Kier alpha value is -1.65. The van der Waals surface area contributed by atoms with Crippen molar-refractivity contribution in [3.63, 3.8) is 0 Å². The Morgan fingerprint density at radius 1 is 1.73 bits per heavy atom. The summed E-state index contributed by atoms with van der Waals surface area (Å²) < 4.78 is 9.01. The number of hydrogen-bond acceptors (Lipinski definition) is 4. The molecule has 1 aromatic heterocycles. The first kappa shape index (κ1) is 7.46. The van der Waals surface area contributed by atoms with E-state index in [9.17, 15) is 4.79 Å². The topological polar surface area (TPSA) is 79.9 Å². The molecule has 5 heteroatoms. The third-order valence-corrected chi connectivity index (χ3v) is 1.12. The van der Waals surface area contributed by atoms with Gasteiger partial charge in [0.05, 0.1) is 7.11 Å². The van der Waals surface area contributed by atoms with Crippen LogP contribution in [0.3, 0.4) is 0 Å². The maximum atomic E-state index is 10.3. The minimum atomic E-state index is -1.26. The maximum absolute atomic E-state index is 10.3. The highest BCUT2D eigenvalue weighted by Crippen LogP contribution is 2.26. The molecular weight excluding hydrogens is 152 g/mol. The number of ether oxygens (including phenoxy) is 1. The minimum absolute atomic E-state index is 0.0279. The lowest BCUT2D eigenvalue weighted by Gasteiger charge is -1.86. The summed E-state index contributed by atoms with van der Waals surface area (Å²) in [6.07, 6.45) is 0. The van der Waals surface area contributed by atoms with E-state index in [2.05, 4.69) is 9.15 Å². The maximum Gasteiger partial charge on any atom is 0.343 e. The second kappa shape index (κ2) is 2.53. The van der Waals surface area contributed by atoms with Gasteiger partial charge in [-0.05, 0) is 0 Å². The summed E-state index contributed by atoms with van der Waals surface area (Å²) in [5, 5.41) is 17.2. The SMILES string of the molecule is COc1cc(C(=O)O)c(O)o1.